The molecule has 4 rings (SSSR count). The molecule has 1 aliphatic rings. The number of hydrogen-bond donors (Lipinski definition) is 0. The van der Waals surface area contributed by atoms with Gasteiger partial charge in [0.15, 0.2) is 0 Å². The van der Waals surface area contributed by atoms with Crippen molar-refractivity contribution in [3.8, 4) is 0 Å². The fraction of sp³-hybridized carbons (Fsp3) is 0.182. The van der Waals surface area contributed by atoms with Gasteiger partial charge in [-0.05, 0) is 43.2 Å². The number of pyridine rings is 1. The summed E-state index contributed by atoms with van der Waals surface area (Å²) in [5.41, 5.74) is 1.71. The molecule has 0 unspecified atom stereocenters. The molecule has 5 nitrogen and oxygen atoms in total. The Morgan fingerprint density at radius 3 is 2.67 bits per heavy atom. The number of carbonyl (C=O) groups excluding carboxylic acids is 1. The van der Waals surface area contributed by atoms with Crippen LogP contribution in [0.5, 0.6) is 0 Å². The van der Waals surface area contributed by atoms with Crippen molar-refractivity contribution in [2.24, 2.45) is 0 Å². The minimum atomic E-state index is -0.206. The first kappa shape index (κ1) is 20.8. The largest absolute Gasteiger partial charge is 0.293 e. The Morgan fingerprint density at radius 1 is 1.17 bits per heavy atom. The molecule has 30 heavy (non-hydrogen) atoms. The van der Waals surface area contributed by atoms with E-state index in [0.29, 0.717) is 32.0 Å². The number of amides is 1. The third kappa shape index (κ3) is 4.08. The predicted octanol–water partition coefficient (Wildman–Crippen LogP) is 4.77. The highest BCUT2D eigenvalue weighted by molar-refractivity contribution is 8.26. The van der Waals surface area contributed by atoms with Crippen molar-refractivity contribution in [3.63, 3.8) is 0 Å². The second kappa shape index (κ2) is 8.75. The molecule has 0 saturated carbocycles. The van der Waals surface area contributed by atoms with Gasteiger partial charge in [0.1, 0.15) is 15.0 Å². The molecule has 1 aliphatic heterocycles. The van der Waals surface area contributed by atoms with Crippen LogP contribution in [-0.2, 0) is 4.79 Å². The van der Waals surface area contributed by atoms with Crippen molar-refractivity contribution in [2.75, 3.05) is 6.54 Å². The zero-order chi connectivity index (χ0) is 21.3. The Kier molecular flexibility index (Phi) is 6.08. The number of aryl methyl sites for hydroxylation is 1. The van der Waals surface area contributed by atoms with E-state index in [1.54, 1.807) is 17.2 Å². The number of hydrogen-bond acceptors (Lipinski definition) is 6. The lowest BCUT2D eigenvalue weighted by atomic mass is 10.2. The Balaban J connectivity index is 1.87. The summed E-state index contributed by atoms with van der Waals surface area (Å²) >= 11 is 8.00. The summed E-state index contributed by atoms with van der Waals surface area (Å²) in [7, 11) is 0. The molecular weight excluding hydrogens is 434 g/mol. The van der Waals surface area contributed by atoms with Crippen LogP contribution in [-0.4, -0.2) is 31.1 Å². The van der Waals surface area contributed by atoms with E-state index in [-0.39, 0.29) is 11.5 Å². The number of carbonyl (C=O) groups is 1. The second-order valence-corrected chi connectivity index (χ2v) is 9.56. The average Bonchev–Trinajstić information content (AvgIpc) is 3.00. The summed E-state index contributed by atoms with van der Waals surface area (Å²) in [4.78, 5) is 33.9. The minimum absolute atomic E-state index is 0.156. The molecular formula is C22H19N3O2S3. The summed E-state index contributed by atoms with van der Waals surface area (Å²) in [6.07, 6.45) is 4.22. The summed E-state index contributed by atoms with van der Waals surface area (Å²) in [6, 6.07) is 13.5. The van der Waals surface area contributed by atoms with Gasteiger partial charge in [-0.2, -0.15) is 0 Å². The molecule has 0 atom stereocenters. The van der Waals surface area contributed by atoms with Crippen molar-refractivity contribution in [1.29, 1.82) is 0 Å². The van der Waals surface area contributed by atoms with Crippen LogP contribution in [0.3, 0.4) is 0 Å². The van der Waals surface area contributed by atoms with Crippen LogP contribution in [0, 0.1) is 6.92 Å². The van der Waals surface area contributed by atoms with Crippen LogP contribution in [0.15, 0.2) is 68.3 Å². The maximum Gasteiger partial charge on any atom is 0.266 e. The monoisotopic (exact) mass is 453 g/mol. The number of fused-ring (bicyclic) bond motifs is 1. The lowest BCUT2D eigenvalue weighted by Crippen LogP contribution is -2.28. The topological polar surface area (TPSA) is 54.7 Å². The molecule has 2 aromatic heterocycles. The predicted molar refractivity (Wildman–Crippen MR) is 127 cm³/mol. The Morgan fingerprint density at radius 2 is 1.93 bits per heavy atom. The Hall–Kier alpha value is -2.42. The van der Waals surface area contributed by atoms with Crippen LogP contribution < -0.4 is 5.56 Å². The van der Waals surface area contributed by atoms with Crippen molar-refractivity contribution >= 4 is 57.7 Å². The zero-order valence-corrected chi connectivity index (χ0v) is 18.9. The van der Waals surface area contributed by atoms with Gasteiger partial charge in [-0.25, -0.2) is 4.98 Å². The van der Waals surface area contributed by atoms with E-state index in [9.17, 15) is 9.59 Å². The highest BCUT2D eigenvalue weighted by Gasteiger charge is 2.32. The lowest BCUT2D eigenvalue weighted by molar-refractivity contribution is -0.122. The molecule has 0 N–H and O–H groups in total. The van der Waals surface area contributed by atoms with E-state index < -0.39 is 0 Å². The smallest absolute Gasteiger partial charge is 0.266 e. The summed E-state index contributed by atoms with van der Waals surface area (Å²) in [5, 5.41) is 0.566. The van der Waals surface area contributed by atoms with Gasteiger partial charge >= 0.3 is 0 Å². The quantitative estimate of drug-likeness (QED) is 0.315. The molecule has 1 saturated heterocycles. The number of nitrogens with zero attached hydrogens (tertiary/aromatic N) is 3. The highest BCUT2D eigenvalue weighted by atomic mass is 32.2. The average molecular weight is 454 g/mol. The van der Waals surface area contributed by atoms with Gasteiger partial charge in [0, 0.05) is 17.6 Å². The standard InChI is InChI=1S/C22H19N3O2S3/c1-3-11-24-21(27)17(30-22(24)28)12-16-19(29-15-7-5-4-6-8-15)23-18-10-9-14(2)13-25(18)20(16)26/h4-10,12-13H,3,11H2,1-2H3. The Labute approximate surface area is 188 Å². The molecule has 0 aliphatic carbocycles. The normalized spacial score (nSPS) is 15.5. The molecule has 1 fully saturated rings. The van der Waals surface area contributed by atoms with Crippen LogP contribution in [0.4, 0.5) is 0 Å². The van der Waals surface area contributed by atoms with Gasteiger partial charge in [0.05, 0.1) is 10.5 Å². The number of thioether (sulfide) groups is 1. The van der Waals surface area contributed by atoms with E-state index in [1.165, 1.54) is 27.9 Å². The van der Waals surface area contributed by atoms with Crippen LogP contribution in [0.2, 0.25) is 0 Å². The fourth-order valence-corrected chi connectivity index (χ4v) is 5.29. The van der Waals surface area contributed by atoms with Gasteiger partial charge in [-0.1, -0.05) is 66.9 Å². The zero-order valence-electron chi connectivity index (χ0n) is 16.5. The molecule has 152 valence electrons. The van der Waals surface area contributed by atoms with Crippen molar-refractivity contribution in [3.05, 3.63) is 75.0 Å². The van der Waals surface area contributed by atoms with Crippen molar-refractivity contribution < 1.29 is 4.79 Å². The number of benzene rings is 1. The van der Waals surface area contributed by atoms with Gasteiger partial charge in [-0.3, -0.25) is 18.9 Å². The third-order valence-electron chi connectivity index (χ3n) is 4.52. The lowest BCUT2D eigenvalue weighted by Gasteiger charge is -2.12. The van der Waals surface area contributed by atoms with Crippen LogP contribution >= 0.6 is 35.7 Å². The van der Waals surface area contributed by atoms with Gasteiger partial charge < -0.3 is 0 Å². The summed E-state index contributed by atoms with van der Waals surface area (Å²) in [5.74, 6) is -0.156. The highest BCUT2D eigenvalue weighted by Crippen LogP contribution is 2.35. The summed E-state index contributed by atoms with van der Waals surface area (Å²) < 4.78 is 2.05. The molecule has 3 heterocycles. The molecule has 0 bridgehead atoms. The molecule has 8 heteroatoms. The first-order valence-electron chi connectivity index (χ1n) is 9.49. The first-order chi connectivity index (χ1) is 14.5. The first-order valence-corrected chi connectivity index (χ1v) is 11.5. The molecule has 0 spiro atoms. The number of aromatic nitrogens is 2. The molecule has 0 radical (unpaired) electrons. The fourth-order valence-electron chi connectivity index (χ4n) is 3.09. The third-order valence-corrected chi connectivity index (χ3v) is 6.91. The van der Waals surface area contributed by atoms with Crippen molar-refractivity contribution in [1.82, 2.24) is 14.3 Å². The van der Waals surface area contributed by atoms with Gasteiger partial charge in [-0.15, -0.1) is 0 Å². The summed E-state index contributed by atoms with van der Waals surface area (Å²) in [6.45, 7) is 4.49. The van der Waals surface area contributed by atoms with Crippen LogP contribution in [0.25, 0.3) is 11.7 Å². The molecule has 1 aromatic carbocycles. The van der Waals surface area contributed by atoms with Crippen molar-refractivity contribution in [2.45, 2.75) is 30.2 Å². The Bertz CT molecular complexity index is 1240. The van der Waals surface area contributed by atoms with E-state index in [4.69, 9.17) is 17.2 Å². The van der Waals surface area contributed by atoms with Gasteiger partial charge in [0.2, 0.25) is 0 Å². The van der Waals surface area contributed by atoms with Gasteiger partial charge in [0.25, 0.3) is 11.5 Å². The minimum Gasteiger partial charge on any atom is -0.293 e. The van der Waals surface area contributed by atoms with E-state index >= 15 is 0 Å². The maximum absolute atomic E-state index is 13.4. The number of rotatable bonds is 5. The SMILES string of the molecule is CCCN1C(=O)C(=Cc2c(Sc3ccccc3)nc3ccc(C)cn3c2=O)SC1=S. The van der Waals surface area contributed by atoms with E-state index in [0.717, 1.165) is 16.9 Å². The van der Waals surface area contributed by atoms with Crippen LogP contribution in [0.1, 0.15) is 24.5 Å². The van der Waals surface area contributed by atoms with E-state index in [1.807, 2.05) is 56.3 Å². The second-order valence-electron chi connectivity index (χ2n) is 6.82. The maximum atomic E-state index is 13.4. The number of thiocarbonyl (C=S) groups is 1. The van der Waals surface area contributed by atoms with E-state index in [2.05, 4.69) is 0 Å². The molecule has 1 amide bonds. The molecule has 3 aromatic rings.